The number of rotatable bonds is 19. The molecule has 0 saturated heterocycles. The van der Waals surface area contributed by atoms with Gasteiger partial charge in [-0.15, -0.1) is 5.10 Å². The van der Waals surface area contributed by atoms with Gasteiger partial charge in [0.25, 0.3) is 0 Å². The topological polar surface area (TPSA) is 192 Å². The smallest absolute Gasteiger partial charge is 0.312 e. The number of anilines is 1. The Kier molecular flexibility index (Phi) is 15.0. The van der Waals surface area contributed by atoms with Crippen molar-refractivity contribution in [2.75, 3.05) is 31.6 Å². The zero-order chi connectivity index (χ0) is 30.9. The summed E-state index contributed by atoms with van der Waals surface area (Å²) < 4.78 is 12.4. The number of amides is 4. The van der Waals surface area contributed by atoms with Gasteiger partial charge in [0.1, 0.15) is 12.6 Å². The summed E-state index contributed by atoms with van der Waals surface area (Å²) in [5.41, 5.74) is 7.35. The first-order valence-corrected chi connectivity index (χ1v) is 14.2. The maximum Gasteiger partial charge on any atom is 0.312 e. The molecule has 0 aliphatic rings. The predicted octanol–water partition coefficient (Wildman–Crippen LogP) is 1.11. The van der Waals surface area contributed by atoms with Gasteiger partial charge in [0.15, 0.2) is 0 Å². The second-order valence-corrected chi connectivity index (χ2v) is 10.1. The molecule has 0 aliphatic carbocycles. The fourth-order valence-electron chi connectivity index (χ4n) is 3.93. The molecule has 232 valence electrons. The average Bonchev–Trinajstić information content (AvgIpc) is 3.41. The summed E-state index contributed by atoms with van der Waals surface area (Å²) in [7, 11) is 0. The van der Waals surface area contributed by atoms with E-state index in [9.17, 15) is 19.2 Å². The van der Waals surface area contributed by atoms with E-state index in [0.717, 1.165) is 17.7 Å². The van der Waals surface area contributed by atoms with Crippen LogP contribution in [0, 0.1) is 5.92 Å². The number of nitrogens with two attached hydrogens (primary N) is 1. The van der Waals surface area contributed by atoms with Crippen LogP contribution in [0.5, 0.6) is 0 Å². The van der Waals surface area contributed by atoms with E-state index in [1.165, 1.54) is 6.92 Å². The van der Waals surface area contributed by atoms with E-state index >= 15 is 0 Å². The third-order valence-corrected chi connectivity index (χ3v) is 6.24. The van der Waals surface area contributed by atoms with Crippen LogP contribution in [0.15, 0.2) is 30.5 Å². The SMILES string of the molecule is CCc1cn(CCOCCN[C@H](C(=O)N[C@@H](CCCNC(N)=O)C(=O)Nc2ccc(COC(C)=O)cc2)C(C)C)nn1. The second kappa shape index (κ2) is 18.4. The Morgan fingerprint density at radius 3 is 2.40 bits per heavy atom. The van der Waals surface area contributed by atoms with E-state index in [1.807, 2.05) is 27.0 Å². The maximum absolute atomic E-state index is 13.3. The van der Waals surface area contributed by atoms with E-state index in [1.54, 1.807) is 28.9 Å². The van der Waals surface area contributed by atoms with Crippen molar-refractivity contribution >= 4 is 29.5 Å². The van der Waals surface area contributed by atoms with Crippen LogP contribution < -0.4 is 27.0 Å². The van der Waals surface area contributed by atoms with E-state index in [4.69, 9.17) is 15.2 Å². The summed E-state index contributed by atoms with van der Waals surface area (Å²) in [6.07, 6.45) is 3.40. The monoisotopic (exact) mass is 588 g/mol. The minimum atomic E-state index is -0.858. The Bertz CT molecular complexity index is 1140. The van der Waals surface area contributed by atoms with Crippen LogP contribution in [0.4, 0.5) is 10.5 Å². The molecule has 1 aromatic heterocycles. The normalized spacial score (nSPS) is 12.4. The number of nitrogens with zero attached hydrogens (tertiary/aromatic N) is 3. The maximum atomic E-state index is 13.3. The first kappa shape index (κ1) is 34.2. The molecule has 14 nitrogen and oxygen atoms in total. The molecule has 0 saturated carbocycles. The zero-order valence-electron chi connectivity index (χ0n) is 24.9. The number of aryl methyl sites for hydroxylation is 1. The number of benzene rings is 1. The van der Waals surface area contributed by atoms with E-state index in [2.05, 4.69) is 31.6 Å². The summed E-state index contributed by atoms with van der Waals surface area (Å²) in [6.45, 7) is 9.43. The number of nitrogens with one attached hydrogen (secondary N) is 4. The van der Waals surface area contributed by atoms with Crippen molar-refractivity contribution in [3.8, 4) is 0 Å². The van der Waals surface area contributed by atoms with E-state index in [-0.39, 0.29) is 37.4 Å². The lowest BCUT2D eigenvalue weighted by Crippen LogP contribution is -2.53. The van der Waals surface area contributed by atoms with Gasteiger partial charge in [0.05, 0.1) is 31.5 Å². The third-order valence-electron chi connectivity index (χ3n) is 6.24. The van der Waals surface area contributed by atoms with Crippen LogP contribution in [0.1, 0.15) is 51.8 Å². The number of carbonyl (C=O) groups excluding carboxylic acids is 4. The largest absolute Gasteiger partial charge is 0.461 e. The van der Waals surface area contributed by atoms with E-state index in [0.29, 0.717) is 38.4 Å². The number of aromatic nitrogens is 3. The minimum Gasteiger partial charge on any atom is -0.461 e. The van der Waals surface area contributed by atoms with Gasteiger partial charge in [-0.2, -0.15) is 0 Å². The Labute approximate surface area is 246 Å². The number of esters is 1. The summed E-state index contributed by atoms with van der Waals surface area (Å²) in [5.74, 6) is -1.16. The van der Waals surface area contributed by atoms with Gasteiger partial charge >= 0.3 is 12.0 Å². The predicted molar refractivity (Wildman–Crippen MR) is 156 cm³/mol. The molecule has 42 heavy (non-hydrogen) atoms. The molecule has 0 fully saturated rings. The van der Waals surface area contributed by atoms with Crippen LogP contribution in [0.25, 0.3) is 0 Å². The molecule has 2 aromatic rings. The first-order valence-electron chi connectivity index (χ1n) is 14.2. The molecule has 14 heteroatoms. The van der Waals surface area contributed by atoms with Gasteiger partial charge in [-0.1, -0.05) is 38.1 Å². The molecule has 1 heterocycles. The Morgan fingerprint density at radius 2 is 1.79 bits per heavy atom. The Morgan fingerprint density at radius 1 is 1.05 bits per heavy atom. The van der Waals surface area contributed by atoms with Gasteiger partial charge in [0, 0.05) is 31.9 Å². The molecule has 0 aliphatic heterocycles. The Hall–Kier alpha value is -4.04. The highest BCUT2D eigenvalue weighted by atomic mass is 16.5. The molecule has 6 N–H and O–H groups in total. The van der Waals surface area contributed by atoms with Gasteiger partial charge in [-0.05, 0) is 42.9 Å². The number of hydrogen-bond acceptors (Lipinski definition) is 9. The quantitative estimate of drug-likeness (QED) is 0.118. The number of urea groups is 1. The zero-order valence-corrected chi connectivity index (χ0v) is 24.9. The van der Waals surface area contributed by atoms with Crippen LogP contribution in [0.3, 0.4) is 0 Å². The molecule has 0 spiro atoms. The summed E-state index contributed by atoms with van der Waals surface area (Å²) in [6, 6.07) is 4.77. The molecule has 4 amide bonds. The minimum absolute atomic E-state index is 0.0578. The van der Waals surface area contributed by atoms with Crippen LogP contribution in [0.2, 0.25) is 0 Å². The first-order chi connectivity index (χ1) is 20.1. The Balaban J connectivity index is 1.91. The lowest BCUT2D eigenvalue weighted by Gasteiger charge is -2.25. The van der Waals surface area contributed by atoms with Crippen molar-refractivity contribution in [1.82, 2.24) is 30.9 Å². The van der Waals surface area contributed by atoms with Gasteiger partial charge in [-0.3, -0.25) is 14.4 Å². The van der Waals surface area contributed by atoms with E-state index < -0.39 is 24.0 Å². The lowest BCUT2D eigenvalue weighted by atomic mass is 10.0. The molecule has 2 rings (SSSR count). The fourth-order valence-corrected chi connectivity index (χ4v) is 3.93. The van der Waals surface area contributed by atoms with Crippen LogP contribution in [-0.4, -0.2) is 77.2 Å². The number of hydrogen-bond donors (Lipinski definition) is 5. The molecule has 0 bridgehead atoms. The van der Waals surface area contributed by atoms with Gasteiger partial charge < -0.3 is 36.5 Å². The highest BCUT2D eigenvalue weighted by Gasteiger charge is 2.27. The second-order valence-electron chi connectivity index (χ2n) is 10.1. The van der Waals surface area contributed by atoms with Crippen molar-refractivity contribution in [3.63, 3.8) is 0 Å². The van der Waals surface area contributed by atoms with Crippen molar-refractivity contribution in [3.05, 3.63) is 41.7 Å². The molecule has 2 atom stereocenters. The lowest BCUT2D eigenvalue weighted by molar-refractivity contribution is -0.142. The third kappa shape index (κ3) is 13.1. The van der Waals surface area contributed by atoms with Gasteiger partial charge in [0.2, 0.25) is 11.8 Å². The molecule has 1 aromatic carbocycles. The number of carbonyl (C=O) groups is 4. The molecule has 0 unspecified atom stereocenters. The van der Waals surface area contributed by atoms with Crippen LogP contribution in [-0.2, 0) is 43.4 Å². The summed E-state index contributed by atoms with van der Waals surface area (Å²) in [4.78, 5) is 48.5. The average molecular weight is 589 g/mol. The fraction of sp³-hybridized carbons (Fsp3) is 0.571. The van der Waals surface area contributed by atoms with Crippen molar-refractivity contribution in [2.45, 2.75) is 72.2 Å². The standard InChI is InChI=1S/C28H44N8O6/c1-5-22-17-36(35-34-22)14-16-41-15-13-30-25(19(2)3)27(39)33-24(7-6-12-31-28(29)40)26(38)32-23-10-8-21(9-11-23)18-42-20(4)37/h8-11,17,19,24-25,30H,5-7,12-16,18H2,1-4H3,(H,32,38)(H,33,39)(H3,29,31,40)/t24-,25-/m0/s1. The highest BCUT2D eigenvalue weighted by Crippen LogP contribution is 2.12. The molecular formula is C28H44N8O6. The van der Waals surface area contributed by atoms with Crippen LogP contribution >= 0.6 is 0 Å². The number of primary amides is 1. The highest BCUT2D eigenvalue weighted by molar-refractivity contribution is 5.97. The summed E-state index contributed by atoms with van der Waals surface area (Å²) in [5, 5.41) is 19.5. The number of ether oxygens (including phenoxy) is 2. The van der Waals surface area contributed by atoms with Crippen molar-refractivity contribution in [1.29, 1.82) is 0 Å². The summed E-state index contributed by atoms with van der Waals surface area (Å²) >= 11 is 0. The molecule has 0 radical (unpaired) electrons. The van der Waals surface area contributed by atoms with Gasteiger partial charge in [-0.25, -0.2) is 9.48 Å². The molecular weight excluding hydrogens is 544 g/mol. The van der Waals surface area contributed by atoms with Crippen molar-refractivity contribution < 1.29 is 28.7 Å². The van der Waals surface area contributed by atoms with Crippen molar-refractivity contribution in [2.24, 2.45) is 11.7 Å².